The third-order valence-corrected chi connectivity index (χ3v) is 1.92. The van der Waals surface area contributed by atoms with Gasteiger partial charge in [-0.3, -0.25) is 5.32 Å². The number of nitriles is 1. The van der Waals surface area contributed by atoms with Crippen LogP contribution < -0.4 is 5.32 Å². The molecule has 0 amide bonds. The molecule has 3 nitrogen and oxygen atoms in total. The van der Waals surface area contributed by atoms with E-state index in [1.807, 2.05) is 6.92 Å². The molecule has 0 aliphatic heterocycles. The van der Waals surface area contributed by atoms with Crippen molar-refractivity contribution in [2.45, 2.75) is 32.2 Å². The lowest BCUT2D eigenvalue weighted by Gasteiger charge is -2.25. The average Bonchev–Trinajstić information content (AvgIpc) is 2.13. The van der Waals surface area contributed by atoms with Crippen LogP contribution in [0.25, 0.3) is 0 Å². The second-order valence-corrected chi connectivity index (χ2v) is 2.91. The molecule has 0 aromatic carbocycles. The Morgan fingerprint density at radius 3 is 2.50 bits per heavy atom. The van der Waals surface area contributed by atoms with Crippen molar-refractivity contribution in [3.8, 4) is 6.07 Å². The van der Waals surface area contributed by atoms with Crippen LogP contribution in [0.4, 0.5) is 0 Å². The second-order valence-electron chi connectivity index (χ2n) is 2.91. The van der Waals surface area contributed by atoms with E-state index < -0.39 is 5.54 Å². The molecule has 1 atom stereocenters. The van der Waals surface area contributed by atoms with Crippen molar-refractivity contribution in [2.24, 2.45) is 0 Å². The van der Waals surface area contributed by atoms with Crippen LogP contribution in [0.5, 0.6) is 0 Å². The summed E-state index contributed by atoms with van der Waals surface area (Å²) in [6, 6.07) is 2.26. The predicted octanol–water partition coefficient (Wildman–Crippen LogP) is 1.30. The third-order valence-electron chi connectivity index (χ3n) is 1.92. The largest absolute Gasteiger partial charge is 0.382 e. The Morgan fingerprint density at radius 2 is 2.17 bits per heavy atom. The summed E-state index contributed by atoms with van der Waals surface area (Å²) in [6.45, 7) is 5.40. The van der Waals surface area contributed by atoms with E-state index in [1.165, 1.54) is 0 Å². The summed E-state index contributed by atoms with van der Waals surface area (Å²) < 4.78 is 5.00. The number of rotatable bonds is 6. The summed E-state index contributed by atoms with van der Waals surface area (Å²) in [5, 5.41) is 12.1. The zero-order chi connectivity index (χ0) is 9.45. The molecule has 1 N–H and O–H groups in total. The fourth-order valence-electron chi connectivity index (χ4n) is 1.04. The zero-order valence-corrected chi connectivity index (χ0v) is 8.18. The van der Waals surface area contributed by atoms with Crippen LogP contribution in [0.15, 0.2) is 0 Å². The molecule has 3 heteroatoms. The highest BCUT2D eigenvalue weighted by Crippen LogP contribution is 2.08. The maximum absolute atomic E-state index is 8.94. The number of hydrogen-bond acceptors (Lipinski definition) is 3. The summed E-state index contributed by atoms with van der Waals surface area (Å²) in [6.07, 6.45) is 1.81. The van der Waals surface area contributed by atoms with Crippen molar-refractivity contribution >= 4 is 0 Å². The molecule has 0 saturated heterocycles. The van der Waals surface area contributed by atoms with E-state index >= 15 is 0 Å². The topological polar surface area (TPSA) is 45.0 Å². The van der Waals surface area contributed by atoms with E-state index in [-0.39, 0.29) is 0 Å². The van der Waals surface area contributed by atoms with Crippen molar-refractivity contribution in [3.63, 3.8) is 0 Å². The van der Waals surface area contributed by atoms with E-state index in [1.54, 1.807) is 7.11 Å². The smallest absolute Gasteiger partial charge is 0.130 e. The highest BCUT2D eigenvalue weighted by Gasteiger charge is 2.26. The molecule has 0 aliphatic carbocycles. The SMILES string of the molecule is CCCNC(C#N)(CC)COC. The molecule has 0 rings (SSSR count). The van der Waals surface area contributed by atoms with Crippen molar-refractivity contribution in [1.29, 1.82) is 5.26 Å². The standard InChI is InChI=1S/C9H18N2O/c1-4-6-11-9(5-2,7-10)8-12-3/h11H,4-6,8H2,1-3H3. The quantitative estimate of drug-likeness (QED) is 0.653. The van der Waals surface area contributed by atoms with Gasteiger partial charge in [0.15, 0.2) is 0 Å². The number of nitrogens with one attached hydrogen (secondary N) is 1. The Labute approximate surface area is 74.7 Å². The monoisotopic (exact) mass is 170 g/mol. The first-order valence-corrected chi connectivity index (χ1v) is 4.40. The molecule has 12 heavy (non-hydrogen) atoms. The molecule has 0 spiro atoms. The van der Waals surface area contributed by atoms with Gasteiger partial charge in [-0.1, -0.05) is 13.8 Å². The number of ether oxygens (including phenoxy) is 1. The summed E-state index contributed by atoms with van der Waals surface area (Å²) >= 11 is 0. The van der Waals surface area contributed by atoms with Crippen LogP contribution in [0, 0.1) is 11.3 Å². The molecule has 0 saturated carbocycles. The third kappa shape index (κ3) is 3.21. The van der Waals surface area contributed by atoms with Crippen LogP contribution in [-0.2, 0) is 4.74 Å². The lowest BCUT2D eigenvalue weighted by Crippen LogP contribution is -2.47. The minimum Gasteiger partial charge on any atom is -0.382 e. The molecule has 0 aliphatic rings. The Morgan fingerprint density at radius 1 is 1.50 bits per heavy atom. The fraction of sp³-hybridized carbons (Fsp3) is 0.889. The van der Waals surface area contributed by atoms with Crippen molar-refractivity contribution in [3.05, 3.63) is 0 Å². The Kier molecular flexibility index (Phi) is 5.69. The van der Waals surface area contributed by atoms with Gasteiger partial charge >= 0.3 is 0 Å². The van der Waals surface area contributed by atoms with Gasteiger partial charge < -0.3 is 4.74 Å². The normalized spacial score (nSPS) is 15.2. The number of methoxy groups -OCH3 is 1. The summed E-state index contributed by atoms with van der Waals surface area (Å²) in [4.78, 5) is 0. The lowest BCUT2D eigenvalue weighted by atomic mass is 9.99. The highest BCUT2D eigenvalue weighted by molar-refractivity contribution is 5.06. The van der Waals surface area contributed by atoms with Crippen LogP contribution in [0.3, 0.4) is 0 Å². The zero-order valence-electron chi connectivity index (χ0n) is 8.18. The molecule has 70 valence electrons. The van der Waals surface area contributed by atoms with Crippen molar-refractivity contribution in [2.75, 3.05) is 20.3 Å². The van der Waals surface area contributed by atoms with Gasteiger partial charge in [-0.25, -0.2) is 0 Å². The molecule has 0 radical (unpaired) electrons. The summed E-state index contributed by atoms with van der Waals surface area (Å²) in [5.74, 6) is 0. The van der Waals surface area contributed by atoms with E-state index in [4.69, 9.17) is 10.00 Å². The molecular weight excluding hydrogens is 152 g/mol. The lowest BCUT2D eigenvalue weighted by molar-refractivity contribution is 0.135. The van der Waals surface area contributed by atoms with Gasteiger partial charge in [0.05, 0.1) is 12.7 Å². The van der Waals surface area contributed by atoms with Crippen LogP contribution in [0.1, 0.15) is 26.7 Å². The molecule has 0 aromatic rings. The van der Waals surface area contributed by atoms with Gasteiger partial charge in [0.2, 0.25) is 0 Å². The molecule has 0 fully saturated rings. The minimum atomic E-state index is -0.481. The Balaban J connectivity index is 4.07. The summed E-state index contributed by atoms with van der Waals surface area (Å²) in [5.41, 5.74) is -0.481. The van der Waals surface area contributed by atoms with Gasteiger partial charge in [-0.2, -0.15) is 5.26 Å². The first-order valence-electron chi connectivity index (χ1n) is 4.40. The molecule has 1 unspecified atom stereocenters. The number of nitrogens with zero attached hydrogens (tertiary/aromatic N) is 1. The van der Waals surface area contributed by atoms with Gasteiger partial charge in [0, 0.05) is 7.11 Å². The van der Waals surface area contributed by atoms with Crippen molar-refractivity contribution < 1.29 is 4.74 Å². The first-order chi connectivity index (χ1) is 5.74. The predicted molar refractivity (Wildman–Crippen MR) is 48.8 cm³/mol. The molecule has 0 bridgehead atoms. The highest BCUT2D eigenvalue weighted by atomic mass is 16.5. The van der Waals surface area contributed by atoms with Gasteiger partial charge in [0.25, 0.3) is 0 Å². The first kappa shape index (κ1) is 11.4. The Hall–Kier alpha value is -0.590. The average molecular weight is 170 g/mol. The van der Waals surface area contributed by atoms with Crippen LogP contribution in [0.2, 0.25) is 0 Å². The Bertz CT molecular complexity index is 153. The van der Waals surface area contributed by atoms with Crippen molar-refractivity contribution in [1.82, 2.24) is 5.32 Å². The molecular formula is C9H18N2O. The fourth-order valence-corrected chi connectivity index (χ4v) is 1.04. The molecule has 0 heterocycles. The minimum absolute atomic E-state index is 0.458. The van der Waals surface area contributed by atoms with Gasteiger partial charge in [-0.15, -0.1) is 0 Å². The van der Waals surface area contributed by atoms with E-state index in [2.05, 4.69) is 18.3 Å². The van der Waals surface area contributed by atoms with Crippen LogP contribution >= 0.6 is 0 Å². The maximum atomic E-state index is 8.94. The second kappa shape index (κ2) is 5.99. The molecule has 0 aromatic heterocycles. The summed E-state index contributed by atoms with van der Waals surface area (Å²) in [7, 11) is 1.62. The van der Waals surface area contributed by atoms with Crippen LogP contribution in [-0.4, -0.2) is 25.8 Å². The maximum Gasteiger partial charge on any atom is 0.130 e. The van der Waals surface area contributed by atoms with Gasteiger partial charge in [-0.05, 0) is 19.4 Å². The van der Waals surface area contributed by atoms with E-state index in [0.29, 0.717) is 6.61 Å². The number of hydrogen-bond donors (Lipinski definition) is 1. The van der Waals surface area contributed by atoms with E-state index in [9.17, 15) is 0 Å². The van der Waals surface area contributed by atoms with Gasteiger partial charge in [0.1, 0.15) is 5.54 Å². The van der Waals surface area contributed by atoms with E-state index in [0.717, 1.165) is 19.4 Å².